The summed E-state index contributed by atoms with van der Waals surface area (Å²) in [5.74, 6) is 0.192. The molecule has 14 heteroatoms. The van der Waals surface area contributed by atoms with Gasteiger partial charge < -0.3 is 15.6 Å². The number of aromatic nitrogens is 4. The number of rotatable bonds is 8. The molecule has 0 unspecified atom stereocenters. The zero-order chi connectivity index (χ0) is 21.3. The van der Waals surface area contributed by atoms with Crippen LogP contribution in [0.3, 0.4) is 0 Å². The average molecular weight is 451 g/mol. The van der Waals surface area contributed by atoms with Gasteiger partial charge in [0, 0.05) is 5.25 Å². The maximum atomic E-state index is 14.8. The van der Waals surface area contributed by atoms with Crippen LogP contribution in [-0.2, 0) is 19.2 Å². The highest BCUT2D eigenvalue weighted by atomic mass is 32.2. The third-order valence-electron chi connectivity index (χ3n) is 4.61. The zero-order valence-electron chi connectivity index (χ0n) is 15.8. The summed E-state index contributed by atoms with van der Waals surface area (Å²) >= 11 is 1.48. The standard InChI is InChI=1S/C15H23FN6O5S2/c1-3-7(4-2)28-14-9-12(17)19-6-20-13(9)22(21-14)15-10(16)11(23)8(27-15)5-26-29(18,24)25/h6-8,10-11,15,23H,3-5H2,1-2H3,(H2,17,19,20)(H2,18,24,25)/t8-,10+,11-,15-/m1/s1. The number of nitrogens with two attached hydrogens (primary N) is 2. The predicted octanol–water partition coefficient (Wildman–Crippen LogP) is 0.506. The van der Waals surface area contributed by atoms with Crippen LogP contribution in [0.15, 0.2) is 11.4 Å². The number of fused-ring (bicyclic) bond motifs is 1. The van der Waals surface area contributed by atoms with Crippen molar-refractivity contribution < 1.29 is 26.8 Å². The summed E-state index contributed by atoms with van der Waals surface area (Å²) < 4.78 is 47.9. The van der Waals surface area contributed by atoms with Gasteiger partial charge in [0.05, 0.1) is 12.0 Å². The molecule has 2 aromatic heterocycles. The number of aliphatic hydroxyl groups excluding tert-OH is 1. The summed E-state index contributed by atoms with van der Waals surface area (Å²) in [6.07, 6.45) is -3.17. The molecule has 0 aromatic carbocycles. The second-order valence-corrected chi connectivity index (χ2v) is 9.05. The van der Waals surface area contributed by atoms with Crippen LogP contribution in [0.5, 0.6) is 0 Å². The molecule has 0 bridgehead atoms. The third-order valence-corrected chi connectivity index (χ3v) is 6.58. The van der Waals surface area contributed by atoms with E-state index in [0.29, 0.717) is 10.4 Å². The van der Waals surface area contributed by atoms with Gasteiger partial charge in [0.1, 0.15) is 29.4 Å². The topological polar surface area (TPSA) is 168 Å². The highest BCUT2D eigenvalue weighted by Gasteiger charge is 2.47. The number of halogens is 1. The zero-order valence-corrected chi connectivity index (χ0v) is 17.4. The second kappa shape index (κ2) is 8.65. The fourth-order valence-electron chi connectivity index (χ4n) is 3.04. The van der Waals surface area contributed by atoms with Gasteiger partial charge in [-0.05, 0) is 12.8 Å². The maximum absolute atomic E-state index is 14.8. The van der Waals surface area contributed by atoms with E-state index in [0.717, 1.165) is 12.8 Å². The summed E-state index contributed by atoms with van der Waals surface area (Å²) in [7, 11) is -4.27. The number of ether oxygens (including phenoxy) is 1. The van der Waals surface area contributed by atoms with Crippen molar-refractivity contribution in [1.82, 2.24) is 19.7 Å². The van der Waals surface area contributed by atoms with Crippen LogP contribution in [0.4, 0.5) is 10.2 Å². The lowest BCUT2D eigenvalue weighted by molar-refractivity contribution is -0.0456. The Kier molecular flexibility index (Phi) is 6.60. The molecule has 11 nitrogen and oxygen atoms in total. The van der Waals surface area contributed by atoms with E-state index in [4.69, 9.17) is 15.6 Å². The number of aliphatic hydroxyl groups is 1. The van der Waals surface area contributed by atoms with Crippen molar-refractivity contribution in [2.45, 2.75) is 61.6 Å². The third kappa shape index (κ3) is 4.62. The molecular formula is C15H23FN6O5S2. The second-order valence-electron chi connectivity index (χ2n) is 6.54. The van der Waals surface area contributed by atoms with Gasteiger partial charge in [-0.25, -0.2) is 24.2 Å². The number of thioether (sulfide) groups is 1. The highest BCUT2D eigenvalue weighted by molar-refractivity contribution is 8.00. The van der Waals surface area contributed by atoms with Gasteiger partial charge in [-0.2, -0.15) is 13.5 Å². The molecule has 0 saturated carbocycles. The summed E-state index contributed by atoms with van der Waals surface area (Å²) in [5.41, 5.74) is 6.26. The molecule has 0 amide bonds. The van der Waals surface area contributed by atoms with Crippen LogP contribution < -0.4 is 10.9 Å². The lowest BCUT2D eigenvalue weighted by Gasteiger charge is -2.14. The van der Waals surface area contributed by atoms with Crippen LogP contribution >= 0.6 is 11.8 Å². The Morgan fingerprint density at radius 3 is 2.72 bits per heavy atom. The minimum atomic E-state index is -4.27. The largest absolute Gasteiger partial charge is 0.387 e. The summed E-state index contributed by atoms with van der Waals surface area (Å²) in [6, 6.07) is 0. The Bertz CT molecular complexity index is 970. The monoisotopic (exact) mass is 450 g/mol. The summed E-state index contributed by atoms with van der Waals surface area (Å²) in [4.78, 5) is 8.14. The van der Waals surface area contributed by atoms with Gasteiger partial charge in [-0.15, -0.1) is 11.8 Å². The first-order chi connectivity index (χ1) is 13.7. The molecular weight excluding hydrogens is 427 g/mol. The van der Waals surface area contributed by atoms with E-state index in [1.165, 1.54) is 22.8 Å². The number of hydrogen-bond acceptors (Lipinski definition) is 10. The Morgan fingerprint density at radius 1 is 1.41 bits per heavy atom. The molecule has 0 spiro atoms. The van der Waals surface area contributed by atoms with Crippen LogP contribution in [0, 0.1) is 0 Å². The molecule has 162 valence electrons. The van der Waals surface area contributed by atoms with E-state index in [-0.39, 0.29) is 16.7 Å². The van der Waals surface area contributed by atoms with Crippen molar-refractivity contribution >= 4 is 38.9 Å². The number of hydrogen-bond donors (Lipinski definition) is 3. The normalized spacial score (nSPS) is 25.3. The van der Waals surface area contributed by atoms with E-state index < -0.39 is 41.5 Å². The maximum Gasteiger partial charge on any atom is 0.333 e. The van der Waals surface area contributed by atoms with Gasteiger partial charge in [0.25, 0.3) is 0 Å². The smallest absolute Gasteiger partial charge is 0.333 e. The molecule has 1 saturated heterocycles. The summed E-state index contributed by atoms with van der Waals surface area (Å²) in [6.45, 7) is 3.46. The first kappa shape index (κ1) is 22.1. The molecule has 4 atom stereocenters. The molecule has 29 heavy (non-hydrogen) atoms. The molecule has 1 fully saturated rings. The highest BCUT2D eigenvalue weighted by Crippen LogP contribution is 2.39. The van der Waals surface area contributed by atoms with E-state index >= 15 is 0 Å². The lowest BCUT2D eigenvalue weighted by Crippen LogP contribution is -2.33. The fraction of sp³-hybridized carbons (Fsp3) is 0.667. The summed E-state index contributed by atoms with van der Waals surface area (Å²) in [5, 5.41) is 20.6. The van der Waals surface area contributed by atoms with Crippen molar-refractivity contribution in [3.05, 3.63) is 6.33 Å². The minimum Gasteiger partial charge on any atom is -0.387 e. The van der Waals surface area contributed by atoms with Gasteiger partial charge >= 0.3 is 10.3 Å². The van der Waals surface area contributed by atoms with Crippen molar-refractivity contribution in [2.75, 3.05) is 12.3 Å². The van der Waals surface area contributed by atoms with Crippen molar-refractivity contribution in [2.24, 2.45) is 5.14 Å². The van der Waals surface area contributed by atoms with Gasteiger partial charge in [-0.3, -0.25) is 4.18 Å². The van der Waals surface area contributed by atoms with E-state index in [1.807, 2.05) is 13.8 Å². The molecule has 3 rings (SSSR count). The number of nitrogens with zero attached hydrogens (tertiary/aromatic N) is 4. The van der Waals surface area contributed by atoms with Crippen molar-refractivity contribution in [1.29, 1.82) is 0 Å². The Labute approximate surface area is 171 Å². The van der Waals surface area contributed by atoms with Crippen molar-refractivity contribution in [3.63, 3.8) is 0 Å². The SMILES string of the molecule is CCC(CC)Sc1nn([C@@H]2O[C@H](COS(N)(=O)=O)[C@@H](O)[C@@H]2F)c2ncnc(N)c12. The number of alkyl halides is 1. The lowest BCUT2D eigenvalue weighted by atomic mass is 10.1. The Morgan fingerprint density at radius 2 is 2.10 bits per heavy atom. The van der Waals surface area contributed by atoms with Crippen molar-refractivity contribution in [3.8, 4) is 0 Å². The average Bonchev–Trinajstić information content (AvgIpc) is 3.16. The van der Waals surface area contributed by atoms with Crippen LogP contribution in [0.2, 0.25) is 0 Å². The van der Waals surface area contributed by atoms with Crippen LogP contribution in [-0.4, -0.2) is 63.5 Å². The van der Waals surface area contributed by atoms with E-state index in [2.05, 4.69) is 19.2 Å². The van der Waals surface area contributed by atoms with Gasteiger partial charge in [-0.1, -0.05) is 13.8 Å². The quantitative estimate of drug-likeness (QED) is 0.482. The molecule has 0 aliphatic carbocycles. The first-order valence-electron chi connectivity index (χ1n) is 8.96. The molecule has 3 heterocycles. The van der Waals surface area contributed by atoms with E-state index in [1.54, 1.807) is 0 Å². The van der Waals surface area contributed by atoms with Crippen LogP contribution in [0.1, 0.15) is 32.9 Å². The molecule has 5 N–H and O–H groups in total. The Hall–Kier alpha value is -1.58. The predicted molar refractivity (Wildman–Crippen MR) is 104 cm³/mol. The molecule has 1 aliphatic heterocycles. The molecule has 0 radical (unpaired) electrons. The molecule has 1 aliphatic rings. The Balaban J connectivity index is 1.96. The van der Waals surface area contributed by atoms with E-state index in [9.17, 15) is 17.9 Å². The first-order valence-corrected chi connectivity index (χ1v) is 11.3. The fourth-order valence-corrected chi connectivity index (χ4v) is 4.46. The minimum absolute atomic E-state index is 0.192. The van der Waals surface area contributed by atoms with Gasteiger partial charge in [0.2, 0.25) is 0 Å². The van der Waals surface area contributed by atoms with Crippen LogP contribution in [0.25, 0.3) is 11.0 Å². The molecule has 2 aromatic rings. The van der Waals surface area contributed by atoms with Gasteiger partial charge in [0.15, 0.2) is 18.0 Å². The number of anilines is 1. The number of nitrogen functional groups attached to an aromatic ring is 1.